The van der Waals surface area contributed by atoms with Crippen molar-refractivity contribution in [2.24, 2.45) is 11.8 Å². The average Bonchev–Trinajstić information content (AvgIpc) is 3.51. The lowest BCUT2D eigenvalue weighted by atomic mass is 9.57. The first kappa shape index (κ1) is 46.1. The molecule has 4 heterocycles. The van der Waals surface area contributed by atoms with Crippen LogP contribution < -0.4 is 15.5 Å². The number of ether oxygens (including phenoxy) is 1. The second-order valence-electron chi connectivity index (χ2n) is 18.1. The smallest absolute Gasteiger partial charge is 0.407 e. The van der Waals surface area contributed by atoms with Crippen LogP contribution in [0.1, 0.15) is 63.4 Å². The Kier molecular flexibility index (Phi) is 14.2. The minimum atomic E-state index is -4.05. The number of methoxy groups -OCH3 is 1. The molecule has 62 heavy (non-hydrogen) atoms. The van der Waals surface area contributed by atoms with Crippen LogP contribution in [0.4, 0.5) is 28.4 Å². The second-order valence-corrected chi connectivity index (χ2v) is 22.3. The number of likely N-dealkylation sites (tertiary alicyclic amines) is 3. The molecule has 18 heteroatoms. The lowest BCUT2D eigenvalue weighted by Crippen LogP contribution is -2.65. The Morgan fingerprint density at radius 2 is 1.66 bits per heavy atom. The van der Waals surface area contributed by atoms with Crippen LogP contribution in [0.5, 0.6) is 0 Å². The fourth-order valence-corrected chi connectivity index (χ4v) is 13.0. The third kappa shape index (κ3) is 10.4. The lowest BCUT2D eigenvalue weighted by Gasteiger charge is -2.54. The van der Waals surface area contributed by atoms with Crippen LogP contribution in [0, 0.1) is 23.5 Å². The summed E-state index contributed by atoms with van der Waals surface area (Å²) >= 11 is 0. The maximum absolute atomic E-state index is 16.4. The van der Waals surface area contributed by atoms with E-state index in [1.54, 1.807) is 17.0 Å². The van der Waals surface area contributed by atoms with Gasteiger partial charge in [0.25, 0.3) is 0 Å². The van der Waals surface area contributed by atoms with Gasteiger partial charge in [0.1, 0.15) is 11.6 Å². The Morgan fingerprint density at radius 1 is 0.903 bits per heavy atom. The predicted molar refractivity (Wildman–Crippen MR) is 231 cm³/mol. The summed E-state index contributed by atoms with van der Waals surface area (Å²) in [5, 5.41) is 5.72. The highest BCUT2D eigenvalue weighted by atomic mass is 32.2. The molecule has 13 nitrogen and oxygen atoms in total. The molecule has 4 saturated heterocycles. The van der Waals surface area contributed by atoms with Crippen LogP contribution in [-0.2, 0) is 29.8 Å². The molecule has 1 saturated carbocycles. The number of sulfone groups is 2. The first-order valence-corrected chi connectivity index (χ1v) is 25.4. The Hall–Kier alpha value is -3.87. The number of halogens is 3. The summed E-state index contributed by atoms with van der Waals surface area (Å²) in [4.78, 5) is 32.7. The highest BCUT2D eigenvalue weighted by molar-refractivity contribution is 7.93. The number of anilines is 1. The third-order valence-corrected chi connectivity index (χ3v) is 16.8. The molecule has 0 bridgehead atoms. The molecule has 0 aromatic heterocycles. The molecule has 1 aliphatic carbocycles. The standard InChI is InChI=1S/C44H61F3N6O7S2/c1-60-42(55)49-39-13-6-12-37(39)44(31-50-19-8-20-50,33-9-5-10-34(45)25-33)32-16-22-51(23-17-32)28-43(47)29-53(30-43)40-15-14-35(26-38(40)46)62(58,59)36-11-3-4-21-52(27-36)41(54)48-18-7-24-61(2,56)57/h5,7,9-10,14-15,24-26,32,36-37,39H,3-4,6,8,11-13,16-23,27-31H2,1-2H3,(H,48,54)(H,49,55)/b24-7+/t36-,37-,39-,44-/m0/s1. The van der Waals surface area contributed by atoms with E-state index in [0.717, 1.165) is 81.5 Å². The van der Waals surface area contributed by atoms with Crippen molar-refractivity contribution in [2.45, 2.75) is 85.1 Å². The SMILES string of the molecule is COC(=O)N[C@H]1CCC[C@@H]1[C@](CN1CCC1)(c1cccc(F)c1)C1CCN(CC2(F)CN(c3ccc(S(=O)(=O)[C@H]4CCCCN(C(=O)NC/C=C/S(C)(=O)=O)C4)cc3F)C2)CC1. The van der Waals surface area contributed by atoms with Gasteiger partial charge in [0.15, 0.2) is 25.3 Å². The summed E-state index contributed by atoms with van der Waals surface area (Å²) in [6.45, 7) is 4.21. The van der Waals surface area contributed by atoms with E-state index >= 15 is 13.2 Å². The van der Waals surface area contributed by atoms with Crippen LogP contribution >= 0.6 is 0 Å². The summed E-state index contributed by atoms with van der Waals surface area (Å²) in [5.41, 5.74) is -0.981. The highest BCUT2D eigenvalue weighted by Crippen LogP contribution is 2.52. The third-order valence-electron chi connectivity index (χ3n) is 13.9. The van der Waals surface area contributed by atoms with Gasteiger partial charge in [0, 0.05) is 55.8 Å². The van der Waals surface area contributed by atoms with E-state index < -0.39 is 53.9 Å². The maximum atomic E-state index is 16.4. The number of carbonyl (C=O) groups excluding carboxylic acids is 2. The van der Waals surface area contributed by atoms with Gasteiger partial charge in [-0.15, -0.1) is 0 Å². The molecule has 3 amide bonds. The van der Waals surface area contributed by atoms with Gasteiger partial charge in [-0.1, -0.05) is 31.1 Å². The summed E-state index contributed by atoms with van der Waals surface area (Å²) < 4.78 is 102. The average molecular weight is 907 g/mol. The molecule has 5 aliphatic rings. The van der Waals surface area contributed by atoms with Gasteiger partial charge in [-0.25, -0.2) is 39.6 Å². The molecule has 342 valence electrons. The fourth-order valence-electron chi connectivity index (χ4n) is 10.8. The zero-order valence-electron chi connectivity index (χ0n) is 35.7. The van der Waals surface area contributed by atoms with E-state index in [1.807, 2.05) is 6.07 Å². The number of nitrogens with one attached hydrogen (secondary N) is 2. The Labute approximate surface area is 364 Å². The van der Waals surface area contributed by atoms with E-state index in [1.165, 1.54) is 36.3 Å². The number of rotatable bonds is 14. The van der Waals surface area contributed by atoms with Crippen molar-refractivity contribution >= 4 is 37.5 Å². The number of nitrogens with zero attached hydrogens (tertiary/aromatic N) is 4. The molecule has 4 aliphatic heterocycles. The summed E-state index contributed by atoms with van der Waals surface area (Å²) in [6, 6.07) is 10.0. The second kappa shape index (κ2) is 19.1. The molecular formula is C44H61F3N6O7S2. The van der Waals surface area contributed by atoms with Crippen LogP contribution in [0.3, 0.4) is 0 Å². The van der Waals surface area contributed by atoms with Crippen LogP contribution in [-0.4, -0.2) is 146 Å². The van der Waals surface area contributed by atoms with Crippen LogP contribution in [0.2, 0.25) is 0 Å². The van der Waals surface area contributed by atoms with Gasteiger partial charge in [-0.3, -0.25) is 4.90 Å². The normalized spacial score (nSPS) is 25.1. The first-order valence-electron chi connectivity index (χ1n) is 21.9. The van der Waals surface area contributed by atoms with E-state index in [-0.39, 0.29) is 73.4 Å². The summed E-state index contributed by atoms with van der Waals surface area (Å²) in [5.74, 6) is -0.851. The molecule has 0 unspecified atom stereocenters. The maximum Gasteiger partial charge on any atom is 0.407 e. The number of amides is 3. The van der Waals surface area contributed by atoms with Gasteiger partial charge >= 0.3 is 12.1 Å². The van der Waals surface area contributed by atoms with Crippen molar-refractivity contribution in [1.82, 2.24) is 25.3 Å². The summed E-state index contributed by atoms with van der Waals surface area (Å²) in [6.07, 6.45) is 8.56. The number of benzene rings is 2. The van der Waals surface area contributed by atoms with Gasteiger partial charge in [0.05, 0.1) is 36.0 Å². The van der Waals surface area contributed by atoms with E-state index in [2.05, 4.69) is 20.4 Å². The molecule has 0 spiro atoms. The van der Waals surface area contributed by atoms with Crippen molar-refractivity contribution in [3.63, 3.8) is 0 Å². The zero-order valence-corrected chi connectivity index (χ0v) is 37.4. The molecule has 2 aromatic carbocycles. The molecule has 5 fully saturated rings. The lowest BCUT2D eigenvalue weighted by molar-refractivity contribution is 0.00575. The fraction of sp³-hybridized carbons (Fsp3) is 0.636. The number of carbonyl (C=O) groups is 2. The number of urea groups is 1. The zero-order chi connectivity index (χ0) is 44.3. The molecule has 0 radical (unpaired) electrons. The van der Waals surface area contributed by atoms with Crippen molar-refractivity contribution in [1.29, 1.82) is 0 Å². The molecule has 2 aromatic rings. The highest BCUT2D eigenvalue weighted by Gasteiger charge is 2.54. The van der Waals surface area contributed by atoms with Crippen LogP contribution in [0.15, 0.2) is 58.8 Å². The monoisotopic (exact) mass is 906 g/mol. The number of hydrogen-bond donors (Lipinski definition) is 2. The Bertz CT molecular complexity index is 2180. The van der Waals surface area contributed by atoms with E-state index in [0.29, 0.717) is 32.5 Å². The summed E-state index contributed by atoms with van der Waals surface area (Å²) in [7, 11) is -6.04. The van der Waals surface area contributed by atoms with Gasteiger partial charge in [-0.05, 0) is 119 Å². The van der Waals surface area contributed by atoms with Crippen molar-refractivity contribution < 1.29 is 44.3 Å². The van der Waals surface area contributed by atoms with Crippen molar-refractivity contribution in [3.05, 3.63) is 71.1 Å². The molecule has 2 N–H and O–H groups in total. The Balaban J connectivity index is 0.983. The van der Waals surface area contributed by atoms with Gasteiger partial charge < -0.3 is 30.1 Å². The topological polar surface area (TPSA) is 149 Å². The van der Waals surface area contributed by atoms with Crippen LogP contribution in [0.25, 0.3) is 0 Å². The minimum absolute atomic E-state index is 0.0427. The predicted octanol–water partition coefficient (Wildman–Crippen LogP) is 5.27. The number of alkyl carbamates (subject to hydrolysis) is 1. The number of alkyl halides is 1. The largest absolute Gasteiger partial charge is 0.453 e. The number of piperidine rings is 1. The van der Waals surface area contributed by atoms with Crippen molar-refractivity contribution in [2.75, 3.05) is 90.3 Å². The van der Waals surface area contributed by atoms with E-state index in [9.17, 15) is 26.4 Å². The van der Waals surface area contributed by atoms with Gasteiger partial charge in [-0.2, -0.15) is 0 Å². The number of hydrogen-bond acceptors (Lipinski definition) is 10. The minimum Gasteiger partial charge on any atom is -0.453 e. The van der Waals surface area contributed by atoms with E-state index in [4.69, 9.17) is 4.74 Å². The Morgan fingerprint density at radius 3 is 2.32 bits per heavy atom. The van der Waals surface area contributed by atoms with Gasteiger partial charge in [0.2, 0.25) is 0 Å². The molecule has 4 atom stereocenters. The first-order chi connectivity index (χ1) is 29.5. The quantitative estimate of drug-likeness (QED) is 0.257. The molecule has 7 rings (SSSR count). The van der Waals surface area contributed by atoms with Crippen molar-refractivity contribution in [3.8, 4) is 0 Å². The molecular weight excluding hydrogens is 846 g/mol.